The number of carbonyl (C=O) groups is 1. The van der Waals surface area contributed by atoms with E-state index in [9.17, 15) is 4.79 Å². The zero-order chi connectivity index (χ0) is 12.4. The second-order valence-corrected chi connectivity index (χ2v) is 4.23. The van der Waals surface area contributed by atoms with Gasteiger partial charge in [-0.3, -0.25) is 4.79 Å². The third kappa shape index (κ3) is 2.90. The van der Waals surface area contributed by atoms with Gasteiger partial charge in [0.1, 0.15) is 5.52 Å². The first kappa shape index (κ1) is 13.5. The normalized spacial score (nSPS) is 10.1. The van der Waals surface area contributed by atoms with E-state index in [1.54, 1.807) is 0 Å². The van der Waals surface area contributed by atoms with Crippen molar-refractivity contribution in [2.24, 2.45) is 0 Å². The lowest BCUT2D eigenvalue weighted by Crippen LogP contribution is -3.00. The van der Waals surface area contributed by atoms with Crippen molar-refractivity contribution in [3.8, 4) is 0 Å². The van der Waals surface area contributed by atoms with Crippen molar-refractivity contribution in [3.63, 3.8) is 0 Å². The summed E-state index contributed by atoms with van der Waals surface area (Å²) < 4.78 is 3.92. The van der Waals surface area contributed by atoms with Crippen LogP contribution in [0.2, 0.25) is 0 Å². The van der Waals surface area contributed by atoms with E-state index in [1.807, 2.05) is 76.2 Å². The molecule has 0 radical (unpaired) electrons. The van der Waals surface area contributed by atoms with E-state index in [4.69, 9.17) is 0 Å². The van der Waals surface area contributed by atoms with Crippen LogP contribution in [0.3, 0.4) is 0 Å². The predicted molar refractivity (Wildman–Crippen MR) is 68.4 cm³/mol. The molecule has 1 aromatic carbocycles. The topological polar surface area (TPSA) is 25.4 Å². The number of fused-ring (bicyclic) bond motifs is 1. The Balaban J connectivity index is 0.00000133. The summed E-state index contributed by atoms with van der Waals surface area (Å²) in [6.07, 6.45) is 7.82. The number of rotatable bonds is 3. The van der Waals surface area contributed by atoms with Gasteiger partial charge < -0.3 is 21.4 Å². The minimum absolute atomic E-state index is 0. The molecular formula is C15H13BrN2O. The molecule has 19 heavy (non-hydrogen) atoms. The molecule has 2 aromatic heterocycles. The number of nitrogens with zero attached hydrogens (tertiary/aromatic N) is 2. The molecule has 0 saturated carbocycles. The van der Waals surface area contributed by atoms with Gasteiger partial charge in [-0.05, 0) is 12.1 Å². The van der Waals surface area contributed by atoms with Gasteiger partial charge in [-0.25, -0.2) is 0 Å². The maximum Gasteiger partial charge on any atom is 0.227 e. The van der Waals surface area contributed by atoms with Crippen LogP contribution in [0.1, 0.15) is 10.4 Å². The molecule has 0 saturated heterocycles. The quantitative estimate of drug-likeness (QED) is 0.455. The Kier molecular flexibility index (Phi) is 4.12. The highest BCUT2D eigenvalue weighted by Crippen LogP contribution is 2.02. The second kappa shape index (κ2) is 5.80. The maximum atomic E-state index is 12.1. The summed E-state index contributed by atoms with van der Waals surface area (Å²) in [4.78, 5) is 12.1. The van der Waals surface area contributed by atoms with E-state index >= 15 is 0 Å². The van der Waals surface area contributed by atoms with Crippen molar-refractivity contribution in [2.45, 2.75) is 6.54 Å². The number of ketones is 1. The molecule has 3 nitrogen and oxygen atoms in total. The van der Waals surface area contributed by atoms with Crippen molar-refractivity contribution in [3.05, 3.63) is 72.8 Å². The van der Waals surface area contributed by atoms with E-state index in [1.165, 1.54) is 0 Å². The zero-order valence-corrected chi connectivity index (χ0v) is 11.8. The summed E-state index contributed by atoms with van der Waals surface area (Å²) in [5.41, 5.74) is 1.83. The fraction of sp³-hybridized carbons (Fsp3) is 0.0667. The number of halogens is 1. The Morgan fingerprint density at radius 2 is 1.84 bits per heavy atom. The second-order valence-electron chi connectivity index (χ2n) is 4.23. The van der Waals surface area contributed by atoms with Gasteiger partial charge in [0.2, 0.25) is 12.3 Å². The fourth-order valence-electron chi connectivity index (χ4n) is 2.00. The summed E-state index contributed by atoms with van der Waals surface area (Å²) in [6.45, 7) is 0.367. The van der Waals surface area contributed by atoms with Crippen molar-refractivity contribution in [2.75, 3.05) is 0 Å². The molecule has 0 fully saturated rings. The molecule has 0 aliphatic heterocycles. The van der Waals surface area contributed by atoms with Gasteiger partial charge in [-0.1, -0.05) is 30.3 Å². The molecule has 96 valence electrons. The molecule has 3 rings (SSSR count). The third-order valence-electron chi connectivity index (χ3n) is 2.95. The summed E-state index contributed by atoms with van der Waals surface area (Å²) in [5, 5.41) is 0. The highest BCUT2D eigenvalue weighted by Gasteiger charge is 2.11. The molecule has 2 heterocycles. The Morgan fingerprint density at radius 3 is 2.63 bits per heavy atom. The lowest BCUT2D eigenvalue weighted by molar-refractivity contribution is -0.682. The Hall–Kier alpha value is -1.94. The predicted octanol–water partition coefficient (Wildman–Crippen LogP) is -0.886. The Labute approximate surface area is 121 Å². The number of benzene rings is 1. The van der Waals surface area contributed by atoms with Gasteiger partial charge in [0.05, 0.1) is 6.20 Å². The lowest BCUT2D eigenvalue weighted by atomic mass is 10.1. The van der Waals surface area contributed by atoms with Crippen LogP contribution in [0, 0.1) is 0 Å². The number of hydrogen-bond donors (Lipinski definition) is 0. The zero-order valence-electron chi connectivity index (χ0n) is 10.2. The fourth-order valence-corrected chi connectivity index (χ4v) is 2.00. The van der Waals surface area contributed by atoms with Crippen molar-refractivity contribution in [1.29, 1.82) is 0 Å². The van der Waals surface area contributed by atoms with Crippen LogP contribution in [0.25, 0.3) is 5.52 Å². The SMILES string of the molecule is O=C(C[n+]1ccn2cccc2c1)c1ccccc1.[Br-]. The monoisotopic (exact) mass is 316 g/mol. The standard InChI is InChI=1S/C15H13N2O.BrH/c18-15(13-5-2-1-3-6-13)12-16-9-10-17-8-4-7-14(17)11-16;/h1-11H,12H2;1H/q+1;/p-1. The largest absolute Gasteiger partial charge is 1.00 e. The lowest BCUT2D eigenvalue weighted by Gasteiger charge is -1.98. The van der Waals surface area contributed by atoms with Gasteiger partial charge >= 0.3 is 0 Å². The van der Waals surface area contributed by atoms with Gasteiger partial charge in [0.25, 0.3) is 0 Å². The van der Waals surface area contributed by atoms with Crippen molar-refractivity contribution < 1.29 is 26.3 Å². The Morgan fingerprint density at radius 1 is 1.05 bits per heavy atom. The molecule has 0 amide bonds. The molecule has 3 aromatic rings. The van der Waals surface area contributed by atoms with Crippen LogP contribution in [0.5, 0.6) is 0 Å². The molecule has 4 heteroatoms. The van der Waals surface area contributed by atoms with E-state index < -0.39 is 0 Å². The Bertz CT molecular complexity index is 691. The molecule has 0 unspecified atom stereocenters. The van der Waals surface area contributed by atoms with Gasteiger partial charge in [-0.2, -0.15) is 4.57 Å². The first-order chi connectivity index (χ1) is 8.83. The van der Waals surface area contributed by atoms with Crippen LogP contribution in [-0.2, 0) is 6.54 Å². The molecule has 0 spiro atoms. The average molecular weight is 317 g/mol. The van der Waals surface area contributed by atoms with E-state index in [0.29, 0.717) is 6.54 Å². The molecule has 0 aliphatic carbocycles. The first-order valence-corrected chi connectivity index (χ1v) is 5.87. The van der Waals surface area contributed by atoms with Crippen LogP contribution >= 0.6 is 0 Å². The molecule has 0 bridgehead atoms. The van der Waals surface area contributed by atoms with Gasteiger partial charge in [0.15, 0.2) is 12.4 Å². The van der Waals surface area contributed by atoms with Crippen LogP contribution < -0.4 is 21.5 Å². The summed E-state index contributed by atoms with van der Waals surface area (Å²) in [6, 6.07) is 13.4. The number of hydrogen-bond acceptors (Lipinski definition) is 1. The van der Waals surface area contributed by atoms with E-state index in [0.717, 1.165) is 11.1 Å². The van der Waals surface area contributed by atoms with Gasteiger partial charge in [-0.15, -0.1) is 0 Å². The molecular weight excluding hydrogens is 304 g/mol. The molecule has 0 atom stereocenters. The third-order valence-corrected chi connectivity index (χ3v) is 2.95. The molecule has 0 N–H and O–H groups in total. The van der Waals surface area contributed by atoms with Crippen LogP contribution in [0.15, 0.2) is 67.3 Å². The average Bonchev–Trinajstić information content (AvgIpc) is 2.87. The number of carbonyl (C=O) groups excluding carboxylic acids is 1. The van der Waals surface area contributed by atoms with Crippen molar-refractivity contribution in [1.82, 2.24) is 4.40 Å². The minimum atomic E-state index is 0. The van der Waals surface area contributed by atoms with Crippen LogP contribution in [-0.4, -0.2) is 10.2 Å². The van der Waals surface area contributed by atoms with Crippen molar-refractivity contribution >= 4 is 11.3 Å². The summed E-state index contributed by atoms with van der Waals surface area (Å²) >= 11 is 0. The highest BCUT2D eigenvalue weighted by atomic mass is 79.9. The smallest absolute Gasteiger partial charge is 0.227 e. The van der Waals surface area contributed by atoms with Gasteiger partial charge in [0, 0.05) is 11.8 Å². The highest BCUT2D eigenvalue weighted by molar-refractivity contribution is 5.94. The van der Waals surface area contributed by atoms with Crippen LogP contribution in [0.4, 0.5) is 0 Å². The maximum absolute atomic E-state index is 12.1. The van der Waals surface area contributed by atoms with E-state index in [-0.39, 0.29) is 22.8 Å². The minimum Gasteiger partial charge on any atom is -1.00 e. The number of Topliss-reactive ketones (excluding diaryl/α,β-unsaturated/α-hetero) is 1. The first-order valence-electron chi connectivity index (χ1n) is 5.87. The molecule has 0 aliphatic rings. The number of aromatic nitrogens is 2. The summed E-state index contributed by atoms with van der Waals surface area (Å²) in [5.74, 6) is 0.122. The summed E-state index contributed by atoms with van der Waals surface area (Å²) in [7, 11) is 0. The van der Waals surface area contributed by atoms with E-state index in [2.05, 4.69) is 0 Å².